The van der Waals surface area contributed by atoms with E-state index in [0.29, 0.717) is 33.1 Å². The summed E-state index contributed by atoms with van der Waals surface area (Å²) in [6.07, 6.45) is 0. The molecule has 6 N–H and O–H groups in total. The molecule has 0 atom stereocenters. The number of carbonyl (C=O) groups excluding carboxylic acids is 2. The van der Waals surface area contributed by atoms with Crippen LogP contribution in [-0.2, 0) is 36.0 Å². The zero-order chi connectivity index (χ0) is 50.0. The lowest BCUT2D eigenvalue weighted by atomic mass is 10.4. The largest absolute Gasteiger partial charge is 0.361 e. The monoisotopic (exact) mass is 1160 g/mol. The van der Waals surface area contributed by atoms with Gasteiger partial charge in [-0.05, 0) is 134 Å². The molecule has 0 saturated carbocycles. The molecule has 2 amide bonds. The van der Waals surface area contributed by atoms with Gasteiger partial charge in [0, 0.05) is 70.2 Å². The van der Waals surface area contributed by atoms with E-state index in [0.717, 1.165) is 51.2 Å². The first-order chi connectivity index (χ1) is 30.0. The van der Waals surface area contributed by atoms with Crippen molar-refractivity contribution in [1.82, 2.24) is 19.6 Å². The number of nitrogens with two attached hydrogens (primary N) is 2. The molecule has 18 nitrogen and oxygen atoms in total. The normalized spacial score (nSPS) is 13.9. The van der Waals surface area contributed by atoms with Gasteiger partial charge in [-0.3, -0.25) is 18.7 Å². The zero-order valence-electron chi connectivity index (χ0n) is 37.0. The molecule has 65 heavy (non-hydrogen) atoms. The first kappa shape index (κ1) is 65.1. The Morgan fingerprint density at radius 1 is 0.554 bits per heavy atom. The van der Waals surface area contributed by atoms with Gasteiger partial charge in [-0.25, -0.2) is 16.8 Å². The summed E-state index contributed by atoms with van der Waals surface area (Å²) in [5, 5.41) is -0.804. The second-order valence-electron chi connectivity index (χ2n) is 13.9. The molecule has 1 heterocycles. The van der Waals surface area contributed by atoms with Crippen LogP contribution in [0.1, 0.15) is 0 Å². The lowest BCUT2D eigenvalue weighted by Crippen LogP contribution is -2.34. The SMILES string of the molecule is CN(C)C(CSC(N)=O)CSC(N)=O.CN(C)C(CSS(=O)(=O)O)CSS(=O)(=O)O.CN(C)C(CSS(=O)(=O)c1ccccc1)CSS(=O)(=O)c1ccccc1.CN(C)C1CSSSC1. The minimum atomic E-state index is -4.14. The molecule has 1 aliphatic heterocycles. The van der Waals surface area contributed by atoms with E-state index in [1.165, 1.54) is 11.5 Å². The second-order valence-corrected chi connectivity index (χ2v) is 35.0. The summed E-state index contributed by atoms with van der Waals surface area (Å²) in [7, 11) is 7.95. The van der Waals surface area contributed by atoms with Gasteiger partial charge in [0.15, 0.2) is 0 Å². The molecule has 1 aliphatic rings. The average Bonchev–Trinajstić information content (AvgIpc) is 3.21. The number of rotatable bonds is 22. The van der Waals surface area contributed by atoms with Crippen molar-refractivity contribution in [2.75, 3.05) is 102 Å². The number of carbonyl (C=O) groups is 2. The van der Waals surface area contributed by atoms with Crippen LogP contribution < -0.4 is 11.5 Å². The van der Waals surface area contributed by atoms with Crippen LogP contribution in [0.3, 0.4) is 0 Å². The lowest BCUT2D eigenvalue weighted by Gasteiger charge is -2.25. The van der Waals surface area contributed by atoms with Crippen molar-refractivity contribution in [1.29, 1.82) is 0 Å². The number of hydrogen-bond acceptors (Lipinski definition) is 23. The highest BCUT2D eigenvalue weighted by molar-refractivity contribution is 9.09. The number of primary amides is 2. The molecule has 31 heteroatoms. The van der Waals surface area contributed by atoms with Gasteiger partial charge in [0.25, 0.3) is 10.5 Å². The van der Waals surface area contributed by atoms with E-state index >= 15 is 0 Å². The zero-order valence-corrected chi connectivity index (χ0v) is 47.6. The Kier molecular flexibility index (Phi) is 33.7. The Morgan fingerprint density at radius 2 is 0.846 bits per heavy atom. The predicted octanol–water partition coefficient (Wildman–Crippen LogP) is 5.65. The highest BCUT2D eigenvalue weighted by Crippen LogP contribution is 2.40. The van der Waals surface area contributed by atoms with E-state index < -0.39 is 52.6 Å². The Hall–Kier alpha value is 0.0900. The molecule has 3 rings (SSSR count). The van der Waals surface area contributed by atoms with Gasteiger partial charge in [0.1, 0.15) is 0 Å². The summed E-state index contributed by atoms with van der Waals surface area (Å²) < 4.78 is 109. The van der Waals surface area contributed by atoms with Crippen LogP contribution >= 0.6 is 98.1 Å². The van der Waals surface area contributed by atoms with E-state index in [1.54, 1.807) is 79.7 Å². The van der Waals surface area contributed by atoms with E-state index in [2.05, 4.69) is 19.0 Å². The van der Waals surface area contributed by atoms with Crippen molar-refractivity contribution in [2.45, 2.75) is 34.0 Å². The molecule has 1 saturated heterocycles. The van der Waals surface area contributed by atoms with Gasteiger partial charge in [0.2, 0.25) is 17.7 Å². The van der Waals surface area contributed by atoms with Crippen LogP contribution in [0.2, 0.25) is 0 Å². The fourth-order valence-electron chi connectivity index (χ4n) is 3.96. The van der Waals surface area contributed by atoms with Gasteiger partial charge in [-0.1, -0.05) is 81.5 Å². The molecule has 0 aliphatic carbocycles. The standard InChI is InChI=1S/C17H21NO4S4.C7H15N3O2S2.C5H13NO6S4.C5H11NS3/c1-18(2)15(13-23-25(19,20)16-9-5-3-6-10-16)14-24-26(21,22)17-11-7-4-8-12-17;1-10(2)5(3-13-6(8)11)4-14-7(9)12;1-6(2)5(3-13-15(7,8)9)4-14-16(10,11)12;1-6(2)5-3-7-9-8-4-5/h3-12,15H,13-14H2,1-2H3;5H,3-4H2,1-2H3,(H2,8,11)(H2,9,12);5H,3-4H2,1-2H3,(H,7,8,9)(H,10,11,12);5H,3-4H2,1-2H3. The molecule has 1 fully saturated rings. The van der Waals surface area contributed by atoms with E-state index in [1.807, 2.05) is 69.4 Å². The van der Waals surface area contributed by atoms with Crippen molar-refractivity contribution < 1.29 is 52.4 Å². The van der Waals surface area contributed by atoms with Crippen LogP contribution in [-0.4, -0.2) is 199 Å². The first-order valence-corrected chi connectivity index (χ1v) is 36.2. The maximum atomic E-state index is 12.4. The van der Waals surface area contributed by atoms with Gasteiger partial charge in [0.05, 0.1) is 9.79 Å². The van der Waals surface area contributed by atoms with Crippen molar-refractivity contribution in [3.05, 3.63) is 60.7 Å². The number of amides is 2. The summed E-state index contributed by atoms with van der Waals surface area (Å²) in [4.78, 5) is 29.3. The predicted molar refractivity (Wildman–Crippen MR) is 287 cm³/mol. The highest BCUT2D eigenvalue weighted by atomic mass is 33.5. The summed E-state index contributed by atoms with van der Waals surface area (Å²) in [6, 6.07) is 16.8. The molecule has 2 aromatic rings. The maximum Gasteiger partial charge on any atom is 0.319 e. The van der Waals surface area contributed by atoms with Crippen molar-refractivity contribution in [3.8, 4) is 0 Å². The second kappa shape index (κ2) is 33.6. The van der Waals surface area contributed by atoms with Gasteiger partial charge in [-0.15, -0.1) is 0 Å². The lowest BCUT2D eigenvalue weighted by molar-refractivity contribution is 0.266. The minimum Gasteiger partial charge on any atom is -0.361 e. The Labute approximate surface area is 421 Å². The Morgan fingerprint density at radius 3 is 1.09 bits per heavy atom. The van der Waals surface area contributed by atoms with Crippen LogP contribution in [0.5, 0.6) is 0 Å². The molecule has 0 spiro atoms. The maximum absolute atomic E-state index is 12.4. The smallest absolute Gasteiger partial charge is 0.319 e. The van der Waals surface area contributed by atoms with E-state index in [4.69, 9.17) is 20.6 Å². The number of benzene rings is 2. The number of hydrogen-bond donors (Lipinski definition) is 4. The van der Waals surface area contributed by atoms with Gasteiger partial charge >= 0.3 is 18.3 Å². The van der Waals surface area contributed by atoms with E-state index in [9.17, 15) is 43.3 Å². The van der Waals surface area contributed by atoms with Crippen LogP contribution in [0.25, 0.3) is 0 Å². The molecule has 376 valence electrons. The third-order valence-corrected chi connectivity index (χ3v) is 25.6. The average molecular weight is 1160 g/mol. The summed E-state index contributed by atoms with van der Waals surface area (Å²) in [5.74, 6) is 4.28. The fraction of sp³-hybridized carbons (Fsp3) is 0.588. The van der Waals surface area contributed by atoms with E-state index in [-0.39, 0.29) is 44.9 Å². The molecule has 0 radical (unpaired) electrons. The number of nitrogens with zero attached hydrogens (tertiary/aromatic N) is 4. The molecular weight excluding hydrogens is 1100 g/mol. The molecule has 0 bridgehead atoms. The van der Waals surface area contributed by atoms with Crippen LogP contribution in [0, 0.1) is 0 Å². The van der Waals surface area contributed by atoms with Gasteiger partial charge < -0.3 is 31.1 Å². The molecular formula is C34H60N6O12S13. The third-order valence-electron chi connectivity index (χ3n) is 8.09. The third kappa shape index (κ3) is 33.3. The minimum absolute atomic E-state index is 0.00829. The summed E-state index contributed by atoms with van der Waals surface area (Å²) in [6.45, 7) is 0. The van der Waals surface area contributed by atoms with Crippen LogP contribution in [0.15, 0.2) is 70.5 Å². The first-order valence-electron chi connectivity index (χ1n) is 18.5. The number of thioether (sulfide) groups is 2. The Balaban J connectivity index is 0.000000905. The summed E-state index contributed by atoms with van der Waals surface area (Å²) in [5.41, 5.74) is 10.0. The topological polar surface area (TPSA) is 276 Å². The fourth-order valence-corrected chi connectivity index (χ4v) is 20.2. The molecule has 0 unspecified atom stereocenters. The van der Waals surface area contributed by atoms with Gasteiger partial charge in [-0.2, -0.15) is 16.8 Å². The van der Waals surface area contributed by atoms with Crippen molar-refractivity contribution in [3.63, 3.8) is 0 Å². The summed E-state index contributed by atoms with van der Waals surface area (Å²) >= 11 is 2.10. The highest BCUT2D eigenvalue weighted by Gasteiger charge is 2.24. The quantitative estimate of drug-likeness (QED) is 0.0819. The van der Waals surface area contributed by atoms with Crippen molar-refractivity contribution in [2.24, 2.45) is 11.5 Å². The van der Waals surface area contributed by atoms with Crippen molar-refractivity contribution >= 4 is 145 Å². The molecule has 2 aromatic carbocycles. The van der Waals surface area contributed by atoms with Crippen LogP contribution in [0.4, 0.5) is 9.59 Å². The Bertz CT molecular complexity index is 1980. The molecule has 0 aromatic heterocycles.